The van der Waals surface area contributed by atoms with Crippen molar-refractivity contribution in [1.82, 2.24) is 9.78 Å². The van der Waals surface area contributed by atoms with E-state index in [4.69, 9.17) is 0 Å². The van der Waals surface area contributed by atoms with Crippen molar-refractivity contribution in [2.45, 2.75) is 31.4 Å². The molecule has 0 atom stereocenters. The molecule has 1 aromatic heterocycles. The molecule has 140 valence electrons. The molecule has 1 heterocycles. The summed E-state index contributed by atoms with van der Waals surface area (Å²) in [4.78, 5) is 10.6. The maximum Gasteiger partial charge on any atom is 0.416 e. The van der Waals surface area contributed by atoms with Crippen molar-refractivity contribution < 1.29 is 22.5 Å². The summed E-state index contributed by atoms with van der Waals surface area (Å²) in [6.45, 7) is 1.64. The van der Waals surface area contributed by atoms with Gasteiger partial charge in [0.1, 0.15) is 11.5 Å². The fourth-order valence-electron chi connectivity index (χ4n) is 3.09. The van der Waals surface area contributed by atoms with Gasteiger partial charge in [0.25, 0.3) is 0 Å². The molecule has 0 aliphatic heterocycles. The third-order valence-electron chi connectivity index (χ3n) is 4.66. The molecule has 1 aliphatic rings. The zero-order valence-electron chi connectivity index (χ0n) is 14.0. The molecule has 26 heavy (non-hydrogen) atoms. The number of halogens is 4. The lowest BCUT2D eigenvalue weighted by Crippen LogP contribution is -2.22. The first-order valence-electron chi connectivity index (χ1n) is 7.84. The van der Waals surface area contributed by atoms with E-state index in [2.05, 4.69) is 10.4 Å². The van der Waals surface area contributed by atoms with E-state index < -0.39 is 27.9 Å². The maximum atomic E-state index is 13.7. The van der Waals surface area contributed by atoms with E-state index >= 15 is 0 Å². The summed E-state index contributed by atoms with van der Waals surface area (Å²) in [5.74, 6) is -0.783. The van der Waals surface area contributed by atoms with Crippen LogP contribution in [0.15, 0.2) is 18.2 Å². The molecule has 1 aliphatic carbocycles. The Morgan fingerprint density at radius 3 is 2.54 bits per heavy atom. The van der Waals surface area contributed by atoms with E-state index in [1.807, 2.05) is 0 Å². The minimum Gasteiger partial charge on any atom is -0.364 e. The SMILES string of the molecule is Cc1nn(C)c(NCC2(c3cc(F)cc(C(F)(F)F)c3)CC2)c1[N+](=O)[O-]. The monoisotopic (exact) mass is 372 g/mol. The number of rotatable bonds is 5. The Kier molecular flexibility index (Phi) is 4.16. The number of hydrogen-bond acceptors (Lipinski definition) is 4. The van der Waals surface area contributed by atoms with Crippen LogP contribution < -0.4 is 5.32 Å². The number of alkyl halides is 3. The number of aromatic nitrogens is 2. The first-order valence-corrected chi connectivity index (χ1v) is 7.84. The zero-order valence-corrected chi connectivity index (χ0v) is 14.0. The molecular weight excluding hydrogens is 356 g/mol. The van der Waals surface area contributed by atoms with Gasteiger partial charge in [-0.2, -0.15) is 18.3 Å². The highest BCUT2D eigenvalue weighted by molar-refractivity contribution is 5.60. The van der Waals surface area contributed by atoms with Gasteiger partial charge in [-0.1, -0.05) is 0 Å². The molecule has 6 nitrogen and oxygen atoms in total. The highest BCUT2D eigenvalue weighted by Crippen LogP contribution is 2.49. The molecule has 0 spiro atoms. The molecule has 0 bridgehead atoms. The second-order valence-electron chi connectivity index (χ2n) is 6.52. The van der Waals surface area contributed by atoms with Crippen molar-refractivity contribution in [1.29, 1.82) is 0 Å². The Labute approximate surface area is 146 Å². The Bertz CT molecular complexity index is 872. The summed E-state index contributed by atoms with van der Waals surface area (Å²) in [6.07, 6.45) is -3.52. The lowest BCUT2D eigenvalue weighted by Gasteiger charge is -2.19. The van der Waals surface area contributed by atoms with E-state index in [0.29, 0.717) is 18.9 Å². The second-order valence-corrected chi connectivity index (χ2v) is 6.52. The van der Waals surface area contributed by atoms with E-state index in [0.717, 1.165) is 12.1 Å². The average Bonchev–Trinajstić information content (AvgIpc) is 3.24. The summed E-state index contributed by atoms with van der Waals surface area (Å²) >= 11 is 0. The number of anilines is 1. The van der Waals surface area contributed by atoms with Gasteiger partial charge in [-0.05, 0) is 43.5 Å². The Balaban J connectivity index is 1.88. The molecule has 1 saturated carbocycles. The molecule has 1 N–H and O–H groups in total. The third kappa shape index (κ3) is 3.23. The van der Waals surface area contributed by atoms with Crippen LogP contribution in [0.5, 0.6) is 0 Å². The van der Waals surface area contributed by atoms with Crippen LogP contribution in [0.25, 0.3) is 0 Å². The van der Waals surface area contributed by atoms with Crippen molar-refractivity contribution in [3.63, 3.8) is 0 Å². The predicted octanol–water partition coefficient (Wildman–Crippen LogP) is 3.94. The number of nitrogens with one attached hydrogen (secondary N) is 1. The van der Waals surface area contributed by atoms with Crippen LogP contribution in [-0.4, -0.2) is 21.2 Å². The summed E-state index contributed by atoms with van der Waals surface area (Å²) in [7, 11) is 1.53. The second kappa shape index (κ2) is 5.96. The van der Waals surface area contributed by atoms with Gasteiger partial charge in [0.05, 0.1) is 10.5 Å². The Morgan fingerprint density at radius 1 is 1.35 bits per heavy atom. The van der Waals surface area contributed by atoms with Gasteiger partial charge in [0.15, 0.2) is 0 Å². The molecule has 1 fully saturated rings. The Hall–Kier alpha value is -2.65. The average molecular weight is 372 g/mol. The number of nitro groups is 1. The molecule has 0 saturated heterocycles. The molecule has 0 unspecified atom stereocenters. The Morgan fingerprint density at radius 2 is 2.00 bits per heavy atom. The first-order chi connectivity index (χ1) is 12.0. The number of nitrogens with zero attached hydrogens (tertiary/aromatic N) is 3. The third-order valence-corrected chi connectivity index (χ3v) is 4.66. The molecule has 10 heteroatoms. The van der Waals surface area contributed by atoms with E-state index in [9.17, 15) is 27.7 Å². The minimum atomic E-state index is -4.64. The highest BCUT2D eigenvalue weighted by atomic mass is 19.4. The van der Waals surface area contributed by atoms with Crippen molar-refractivity contribution >= 4 is 11.5 Å². The van der Waals surface area contributed by atoms with Crippen molar-refractivity contribution in [2.24, 2.45) is 7.05 Å². The largest absolute Gasteiger partial charge is 0.416 e. The fraction of sp³-hybridized carbons (Fsp3) is 0.438. The van der Waals surface area contributed by atoms with Gasteiger partial charge in [-0.25, -0.2) is 9.07 Å². The summed E-state index contributed by atoms with van der Waals surface area (Å²) < 4.78 is 53.8. The summed E-state index contributed by atoms with van der Waals surface area (Å²) in [6, 6.07) is 2.50. The van der Waals surface area contributed by atoms with Crippen molar-refractivity contribution in [3.05, 3.63) is 51.0 Å². The van der Waals surface area contributed by atoms with Crippen LogP contribution in [-0.2, 0) is 18.6 Å². The molecule has 2 aromatic rings. The quantitative estimate of drug-likeness (QED) is 0.490. The minimum absolute atomic E-state index is 0.146. The van der Waals surface area contributed by atoms with E-state index in [1.54, 1.807) is 0 Å². The van der Waals surface area contributed by atoms with Crippen LogP contribution in [0, 0.1) is 22.9 Å². The smallest absolute Gasteiger partial charge is 0.364 e. The summed E-state index contributed by atoms with van der Waals surface area (Å²) in [5.41, 5.74) is -1.44. The lowest BCUT2D eigenvalue weighted by atomic mass is 9.94. The van der Waals surface area contributed by atoms with Crippen molar-refractivity contribution in [2.75, 3.05) is 11.9 Å². The van der Waals surface area contributed by atoms with Gasteiger partial charge < -0.3 is 5.32 Å². The lowest BCUT2D eigenvalue weighted by molar-refractivity contribution is -0.384. The van der Waals surface area contributed by atoms with Crippen molar-refractivity contribution in [3.8, 4) is 0 Å². The maximum absolute atomic E-state index is 13.7. The normalized spacial score (nSPS) is 15.8. The van der Waals surface area contributed by atoms with Crippen LogP contribution >= 0.6 is 0 Å². The summed E-state index contributed by atoms with van der Waals surface area (Å²) in [5, 5.41) is 18.1. The fourth-order valence-corrected chi connectivity index (χ4v) is 3.09. The van der Waals surface area contributed by atoms with E-state index in [1.165, 1.54) is 18.7 Å². The topological polar surface area (TPSA) is 73.0 Å². The van der Waals surface area contributed by atoms with Gasteiger partial charge in [-0.3, -0.25) is 10.1 Å². The number of aryl methyl sites for hydroxylation is 2. The molecule has 0 amide bonds. The van der Waals surface area contributed by atoms with Gasteiger partial charge in [-0.15, -0.1) is 0 Å². The predicted molar refractivity (Wildman–Crippen MR) is 85.4 cm³/mol. The molecule has 1 aromatic carbocycles. The molecular formula is C16H16F4N4O2. The van der Waals surface area contributed by atoms with Crippen LogP contribution in [0.1, 0.15) is 29.7 Å². The molecule has 3 rings (SSSR count). The number of hydrogen-bond donors (Lipinski definition) is 1. The van der Waals surface area contributed by atoms with Crippen LogP contribution in [0.4, 0.5) is 29.1 Å². The standard InChI is InChI=1S/C16H16F4N4O2/c1-9-13(24(25)26)14(23(2)22-9)21-8-15(3-4-15)10-5-11(16(18,19)20)7-12(17)6-10/h5-7,21H,3-4,8H2,1-2H3. The van der Waals surface area contributed by atoms with Gasteiger partial charge in [0, 0.05) is 19.0 Å². The zero-order chi connectivity index (χ0) is 19.3. The highest BCUT2D eigenvalue weighted by Gasteiger charge is 2.46. The number of benzene rings is 1. The van der Waals surface area contributed by atoms with E-state index in [-0.39, 0.29) is 29.3 Å². The first kappa shape index (κ1) is 18.2. The molecule has 0 radical (unpaired) electrons. The van der Waals surface area contributed by atoms with Gasteiger partial charge >= 0.3 is 11.9 Å². The van der Waals surface area contributed by atoms with Gasteiger partial charge in [0.2, 0.25) is 5.82 Å². The van der Waals surface area contributed by atoms with Crippen LogP contribution in [0.3, 0.4) is 0 Å². The van der Waals surface area contributed by atoms with Crippen LogP contribution in [0.2, 0.25) is 0 Å².